The highest BCUT2D eigenvalue weighted by molar-refractivity contribution is 6.31. The van der Waals surface area contributed by atoms with E-state index in [0.717, 1.165) is 4.57 Å². The van der Waals surface area contributed by atoms with Gasteiger partial charge in [-0.05, 0) is 35.3 Å². The topological polar surface area (TPSA) is 43.6 Å². The minimum atomic E-state index is -0.548. The molecule has 2 heterocycles. The molecular formula is C15H8Cl2N4. The summed E-state index contributed by atoms with van der Waals surface area (Å²) >= 11 is 11.7. The number of hydrogen-bond donors (Lipinski definition) is 0. The molecule has 0 spiro atoms. The average Bonchev–Trinajstić information content (AvgIpc) is 3.03. The first-order valence-corrected chi connectivity index (χ1v) is 6.40. The average molecular weight is 323 g/mol. The summed E-state index contributed by atoms with van der Waals surface area (Å²) in [5.74, 6) is -0.245. The number of para-hydroxylation sites is 2. The Labute approximate surface area is 141 Å². The SMILES string of the molecule is [2H]c1c([2H])c([2H])c2c(c1[2H])c1c([2H])c([2H])c([2H])c([2H])c1n2-c1nc(Cl)nc(Cl)n1. The number of halogens is 2. The van der Waals surface area contributed by atoms with Crippen LogP contribution in [0.1, 0.15) is 11.0 Å². The van der Waals surface area contributed by atoms with Crippen molar-refractivity contribution in [1.82, 2.24) is 19.5 Å². The second-order valence-corrected chi connectivity index (χ2v) is 4.63. The first-order valence-electron chi connectivity index (χ1n) is 9.64. The summed E-state index contributed by atoms with van der Waals surface area (Å²) in [7, 11) is 0. The molecule has 0 bridgehead atoms. The van der Waals surface area contributed by atoms with E-state index in [1.54, 1.807) is 0 Å². The maximum Gasteiger partial charge on any atom is 0.240 e. The Morgan fingerprint density at radius 1 is 0.762 bits per heavy atom. The second-order valence-electron chi connectivity index (χ2n) is 3.96. The van der Waals surface area contributed by atoms with Gasteiger partial charge in [0.05, 0.1) is 22.0 Å². The number of fused-ring (bicyclic) bond motifs is 3. The fraction of sp³-hybridized carbons (Fsp3) is 0. The normalized spacial score (nSPS) is 16.7. The Kier molecular flexibility index (Phi) is 1.50. The summed E-state index contributed by atoms with van der Waals surface area (Å²) < 4.78 is 66.3. The molecule has 0 radical (unpaired) electrons. The van der Waals surface area contributed by atoms with Crippen molar-refractivity contribution in [2.45, 2.75) is 0 Å². The molecule has 0 atom stereocenters. The fourth-order valence-corrected chi connectivity index (χ4v) is 2.39. The van der Waals surface area contributed by atoms with Crippen molar-refractivity contribution in [3.63, 3.8) is 0 Å². The number of benzene rings is 2. The molecule has 4 aromatic rings. The Bertz CT molecular complexity index is 1270. The minimum Gasteiger partial charge on any atom is -0.278 e. The van der Waals surface area contributed by atoms with E-state index in [-0.39, 0.29) is 38.3 Å². The van der Waals surface area contributed by atoms with Gasteiger partial charge in [-0.3, -0.25) is 4.57 Å². The molecule has 6 heteroatoms. The fourth-order valence-electron chi connectivity index (χ4n) is 2.04. The number of aromatic nitrogens is 4. The third kappa shape index (κ3) is 1.95. The number of nitrogens with zero attached hydrogens (tertiary/aromatic N) is 4. The van der Waals surface area contributed by atoms with Crippen molar-refractivity contribution in [3.8, 4) is 5.95 Å². The third-order valence-corrected chi connectivity index (χ3v) is 3.14. The number of hydrogen-bond acceptors (Lipinski definition) is 3. The van der Waals surface area contributed by atoms with Gasteiger partial charge in [-0.1, -0.05) is 36.3 Å². The summed E-state index contributed by atoms with van der Waals surface area (Å²) in [6.07, 6.45) is 0. The van der Waals surface area contributed by atoms with E-state index in [4.69, 9.17) is 34.2 Å². The van der Waals surface area contributed by atoms with Gasteiger partial charge in [0.15, 0.2) is 0 Å². The van der Waals surface area contributed by atoms with Gasteiger partial charge >= 0.3 is 0 Å². The van der Waals surface area contributed by atoms with Crippen LogP contribution in [0.25, 0.3) is 27.8 Å². The van der Waals surface area contributed by atoms with Gasteiger partial charge in [-0.25, -0.2) is 0 Å². The summed E-state index contributed by atoms with van der Waals surface area (Å²) in [4.78, 5) is 11.5. The summed E-state index contributed by atoms with van der Waals surface area (Å²) in [5.41, 5.74) is -0.257. The summed E-state index contributed by atoms with van der Waals surface area (Å²) in [6, 6.07) is -4.03. The van der Waals surface area contributed by atoms with Gasteiger partial charge in [0.1, 0.15) is 0 Å². The van der Waals surface area contributed by atoms with Crippen molar-refractivity contribution < 1.29 is 11.0 Å². The van der Waals surface area contributed by atoms with Crippen molar-refractivity contribution >= 4 is 45.0 Å². The standard InChI is InChI=1S/C15H8Cl2N4/c16-13-18-14(17)20-15(19-13)21-11-7-3-1-5-9(11)10-6-2-4-8-12(10)21/h1-8H/i1D,2D,3D,4D,5D,6D,7D,8D. The predicted octanol–water partition coefficient (Wildman–Crippen LogP) is 4.28. The lowest BCUT2D eigenvalue weighted by atomic mass is 10.2. The maximum atomic E-state index is 8.34. The molecule has 0 aliphatic carbocycles. The first kappa shape index (κ1) is 6.73. The lowest BCUT2D eigenvalue weighted by Crippen LogP contribution is -2.02. The van der Waals surface area contributed by atoms with E-state index in [9.17, 15) is 0 Å². The molecule has 0 N–H and O–H groups in total. The number of rotatable bonds is 1. The molecule has 0 saturated heterocycles. The van der Waals surface area contributed by atoms with Crippen molar-refractivity contribution in [3.05, 3.63) is 58.9 Å². The minimum absolute atomic E-state index is 0.0920. The largest absolute Gasteiger partial charge is 0.278 e. The molecule has 0 saturated carbocycles. The Balaban J connectivity index is 2.44. The van der Waals surface area contributed by atoms with Crippen LogP contribution in [0.5, 0.6) is 0 Å². The van der Waals surface area contributed by atoms with Crippen LogP contribution in [0.4, 0.5) is 0 Å². The molecule has 0 unspecified atom stereocenters. The molecule has 4 nitrogen and oxygen atoms in total. The zero-order valence-electron chi connectivity index (χ0n) is 18.0. The van der Waals surface area contributed by atoms with Gasteiger partial charge in [0.25, 0.3) is 0 Å². The lowest BCUT2D eigenvalue weighted by Gasteiger charge is -2.05. The molecule has 0 aliphatic heterocycles. The van der Waals surface area contributed by atoms with Gasteiger partial charge < -0.3 is 0 Å². The lowest BCUT2D eigenvalue weighted by molar-refractivity contribution is 0.941. The zero-order chi connectivity index (χ0) is 21.4. The molecule has 21 heavy (non-hydrogen) atoms. The molecule has 102 valence electrons. The Hall–Kier alpha value is -2.17. The van der Waals surface area contributed by atoms with Crippen molar-refractivity contribution in [2.75, 3.05) is 0 Å². The molecule has 0 fully saturated rings. The van der Waals surface area contributed by atoms with Crippen LogP contribution in [0.2, 0.25) is 10.6 Å². The summed E-state index contributed by atoms with van der Waals surface area (Å²) in [5, 5.41) is -0.773. The van der Waals surface area contributed by atoms with E-state index < -0.39 is 48.3 Å². The van der Waals surface area contributed by atoms with Crippen LogP contribution < -0.4 is 0 Å². The Morgan fingerprint density at radius 3 is 1.76 bits per heavy atom. The summed E-state index contributed by atoms with van der Waals surface area (Å²) in [6.45, 7) is 0. The maximum absolute atomic E-state index is 8.34. The molecular weight excluding hydrogens is 307 g/mol. The van der Waals surface area contributed by atoms with Crippen LogP contribution in [-0.4, -0.2) is 19.5 Å². The highest BCUT2D eigenvalue weighted by Gasteiger charge is 2.14. The monoisotopic (exact) mass is 322 g/mol. The zero-order valence-corrected chi connectivity index (χ0v) is 11.6. The van der Waals surface area contributed by atoms with Gasteiger partial charge in [0.2, 0.25) is 16.5 Å². The van der Waals surface area contributed by atoms with Crippen molar-refractivity contribution in [1.29, 1.82) is 0 Å². The van der Waals surface area contributed by atoms with E-state index >= 15 is 0 Å². The van der Waals surface area contributed by atoms with Gasteiger partial charge in [-0.15, -0.1) is 0 Å². The molecule has 0 amide bonds. The quantitative estimate of drug-likeness (QED) is 0.525. The van der Waals surface area contributed by atoms with E-state index in [1.807, 2.05) is 0 Å². The molecule has 2 aromatic carbocycles. The van der Waals surface area contributed by atoms with Crippen LogP contribution in [-0.2, 0) is 0 Å². The highest BCUT2D eigenvalue weighted by Crippen LogP contribution is 2.30. The molecule has 2 aromatic heterocycles. The van der Waals surface area contributed by atoms with Gasteiger partial charge in [-0.2, -0.15) is 15.0 Å². The van der Waals surface area contributed by atoms with Crippen molar-refractivity contribution in [2.24, 2.45) is 0 Å². The van der Waals surface area contributed by atoms with E-state index in [2.05, 4.69) is 15.0 Å². The second kappa shape index (κ2) is 4.69. The van der Waals surface area contributed by atoms with Gasteiger partial charge in [0, 0.05) is 10.8 Å². The van der Waals surface area contributed by atoms with E-state index in [1.165, 1.54) is 0 Å². The highest BCUT2D eigenvalue weighted by atomic mass is 35.5. The van der Waals surface area contributed by atoms with Crippen LogP contribution >= 0.6 is 23.2 Å². The van der Waals surface area contributed by atoms with Crippen LogP contribution in [0.15, 0.2) is 48.3 Å². The first-order chi connectivity index (χ1) is 13.6. The molecule has 0 aliphatic rings. The molecule has 4 rings (SSSR count). The van der Waals surface area contributed by atoms with E-state index in [0.29, 0.717) is 0 Å². The Morgan fingerprint density at radius 2 is 1.24 bits per heavy atom. The third-order valence-electron chi connectivity index (χ3n) is 2.80. The smallest absolute Gasteiger partial charge is 0.240 e. The van der Waals surface area contributed by atoms with Crippen LogP contribution in [0.3, 0.4) is 0 Å². The van der Waals surface area contributed by atoms with Crippen LogP contribution in [0, 0.1) is 0 Å². The predicted molar refractivity (Wildman–Crippen MR) is 84.2 cm³/mol.